The Labute approximate surface area is 156 Å². The molecule has 1 aliphatic rings. The molecule has 2 heterocycles. The number of thiophene rings is 1. The van der Waals surface area contributed by atoms with Crippen molar-refractivity contribution in [3.05, 3.63) is 57.2 Å². The SMILES string of the molecule is O=C(NCCN1CCN(C(=O)c2cccc(Cl)c2)CC1)c1cccs1. The second-order valence-corrected chi connectivity index (χ2v) is 7.26. The van der Waals surface area contributed by atoms with Crippen LogP contribution in [0.5, 0.6) is 0 Å². The second kappa shape index (κ2) is 8.47. The van der Waals surface area contributed by atoms with Gasteiger partial charge in [-0.3, -0.25) is 14.5 Å². The van der Waals surface area contributed by atoms with Gasteiger partial charge < -0.3 is 10.2 Å². The van der Waals surface area contributed by atoms with E-state index in [1.54, 1.807) is 24.3 Å². The summed E-state index contributed by atoms with van der Waals surface area (Å²) in [6.45, 7) is 4.38. The quantitative estimate of drug-likeness (QED) is 0.871. The fourth-order valence-electron chi connectivity index (χ4n) is 2.80. The third kappa shape index (κ3) is 4.81. The second-order valence-electron chi connectivity index (χ2n) is 5.88. The van der Waals surface area contributed by atoms with Crippen molar-refractivity contribution in [2.45, 2.75) is 0 Å². The van der Waals surface area contributed by atoms with Crippen LogP contribution in [0, 0.1) is 0 Å². The zero-order chi connectivity index (χ0) is 17.6. The molecule has 0 bridgehead atoms. The standard InChI is InChI=1S/C18H20ClN3O2S/c19-15-4-1-3-14(13-15)18(24)22-10-8-21(9-11-22)7-6-20-17(23)16-5-2-12-25-16/h1-5,12-13H,6-11H2,(H,20,23). The fraction of sp³-hybridized carbons (Fsp3) is 0.333. The summed E-state index contributed by atoms with van der Waals surface area (Å²) in [7, 11) is 0. The molecule has 0 radical (unpaired) electrons. The van der Waals surface area contributed by atoms with E-state index in [0.29, 0.717) is 30.2 Å². The van der Waals surface area contributed by atoms with E-state index in [9.17, 15) is 9.59 Å². The van der Waals surface area contributed by atoms with Gasteiger partial charge in [-0.2, -0.15) is 0 Å². The molecule has 2 aromatic rings. The molecular formula is C18H20ClN3O2S. The van der Waals surface area contributed by atoms with Gasteiger partial charge in [0.25, 0.3) is 11.8 Å². The number of nitrogens with one attached hydrogen (secondary N) is 1. The lowest BCUT2D eigenvalue weighted by atomic mass is 10.2. The first-order chi connectivity index (χ1) is 12.1. The lowest BCUT2D eigenvalue weighted by molar-refractivity contribution is 0.0638. The summed E-state index contributed by atoms with van der Waals surface area (Å²) in [5.41, 5.74) is 0.629. The zero-order valence-corrected chi connectivity index (χ0v) is 15.4. The van der Waals surface area contributed by atoms with E-state index in [0.717, 1.165) is 24.5 Å². The lowest BCUT2D eigenvalue weighted by Gasteiger charge is -2.34. The predicted octanol–water partition coefficient (Wildman–Crippen LogP) is 2.59. The molecule has 2 amide bonds. The van der Waals surface area contributed by atoms with Crippen LogP contribution in [0.2, 0.25) is 5.02 Å². The molecule has 1 saturated heterocycles. The van der Waals surface area contributed by atoms with Gasteiger partial charge in [-0.15, -0.1) is 11.3 Å². The van der Waals surface area contributed by atoms with Crippen LogP contribution in [-0.2, 0) is 0 Å². The number of rotatable bonds is 5. The first-order valence-electron chi connectivity index (χ1n) is 8.22. The minimum atomic E-state index is -0.0234. The van der Waals surface area contributed by atoms with E-state index in [1.165, 1.54) is 11.3 Å². The molecule has 1 aliphatic heterocycles. The number of nitrogens with zero attached hydrogens (tertiary/aromatic N) is 2. The topological polar surface area (TPSA) is 52.7 Å². The molecule has 5 nitrogen and oxygen atoms in total. The van der Waals surface area contributed by atoms with E-state index in [2.05, 4.69) is 10.2 Å². The van der Waals surface area contributed by atoms with E-state index < -0.39 is 0 Å². The highest BCUT2D eigenvalue weighted by atomic mass is 35.5. The minimum Gasteiger partial charge on any atom is -0.350 e. The monoisotopic (exact) mass is 377 g/mol. The molecule has 7 heteroatoms. The van der Waals surface area contributed by atoms with Crippen LogP contribution in [-0.4, -0.2) is 60.9 Å². The number of halogens is 1. The number of hydrogen-bond donors (Lipinski definition) is 1. The molecule has 1 aromatic heterocycles. The molecule has 0 aliphatic carbocycles. The van der Waals surface area contributed by atoms with Gasteiger partial charge in [-0.05, 0) is 29.6 Å². The molecule has 1 N–H and O–H groups in total. The summed E-state index contributed by atoms with van der Waals surface area (Å²) in [5.74, 6) is -0.00193. The summed E-state index contributed by atoms with van der Waals surface area (Å²) in [5, 5.41) is 5.40. The number of carbonyl (C=O) groups is 2. The molecular weight excluding hydrogens is 358 g/mol. The summed E-state index contributed by atoms with van der Waals surface area (Å²) in [6, 6.07) is 10.7. The van der Waals surface area contributed by atoms with Crippen molar-refractivity contribution in [2.75, 3.05) is 39.3 Å². The van der Waals surface area contributed by atoms with Gasteiger partial charge in [-0.1, -0.05) is 23.7 Å². The maximum absolute atomic E-state index is 12.5. The van der Waals surface area contributed by atoms with Crippen molar-refractivity contribution in [3.63, 3.8) is 0 Å². The van der Waals surface area contributed by atoms with Gasteiger partial charge in [-0.25, -0.2) is 0 Å². The maximum atomic E-state index is 12.5. The predicted molar refractivity (Wildman–Crippen MR) is 100 cm³/mol. The number of hydrogen-bond acceptors (Lipinski definition) is 4. The number of piperazine rings is 1. The highest BCUT2D eigenvalue weighted by Gasteiger charge is 2.22. The van der Waals surface area contributed by atoms with Crippen molar-refractivity contribution in [1.82, 2.24) is 15.1 Å². The van der Waals surface area contributed by atoms with Gasteiger partial charge in [0, 0.05) is 49.9 Å². The average molecular weight is 378 g/mol. The summed E-state index contributed by atoms with van der Waals surface area (Å²) >= 11 is 7.40. The lowest BCUT2D eigenvalue weighted by Crippen LogP contribution is -2.50. The van der Waals surface area contributed by atoms with Crippen LogP contribution in [0.15, 0.2) is 41.8 Å². The van der Waals surface area contributed by atoms with E-state index >= 15 is 0 Å². The van der Waals surface area contributed by atoms with Crippen LogP contribution >= 0.6 is 22.9 Å². The normalized spacial score (nSPS) is 15.2. The van der Waals surface area contributed by atoms with E-state index in [-0.39, 0.29) is 11.8 Å². The molecule has 0 saturated carbocycles. The summed E-state index contributed by atoms with van der Waals surface area (Å²) < 4.78 is 0. The molecule has 1 fully saturated rings. The largest absolute Gasteiger partial charge is 0.350 e. The van der Waals surface area contributed by atoms with E-state index in [1.807, 2.05) is 22.4 Å². The van der Waals surface area contributed by atoms with Gasteiger partial charge in [0.1, 0.15) is 0 Å². The highest BCUT2D eigenvalue weighted by Crippen LogP contribution is 2.14. The number of benzene rings is 1. The van der Waals surface area contributed by atoms with Gasteiger partial charge >= 0.3 is 0 Å². The van der Waals surface area contributed by atoms with E-state index in [4.69, 9.17) is 11.6 Å². The first kappa shape index (κ1) is 17.9. The van der Waals surface area contributed by atoms with Crippen LogP contribution in [0.25, 0.3) is 0 Å². The Kier molecular flexibility index (Phi) is 6.07. The van der Waals surface area contributed by atoms with Crippen LogP contribution < -0.4 is 5.32 Å². The zero-order valence-electron chi connectivity index (χ0n) is 13.8. The third-order valence-electron chi connectivity index (χ3n) is 4.19. The first-order valence-corrected chi connectivity index (χ1v) is 9.48. The van der Waals surface area contributed by atoms with Gasteiger partial charge in [0.05, 0.1) is 4.88 Å². The van der Waals surface area contributed by atoms with Crippen LogP contribution in [0.3, 0.4) is 0 Å². The van der Waals surface area contributed by atoms with Crippen LogP contribution in [0.1, 0.15) is 20.0 Å². The van der Waals surface area contributed by atoms with Gasteiger partial charge in [0.2, 0.25) is 0 Å². The molecule has 1 aromatic carbocycles. The Morgan fingerprint density at radius 2 is 1.92 bits per heavy atom. The van der Waals surface area contributed by atoms with Gasteiger partial charge in [0.15, 0.2) is 0 Å². The minimum absolute atomic E-state index is 0.0214. The fourth-order valence-corrected chi connectivity index (χ4v) is 3.63. The van der Waals surface area contributed by atoms with Crippen molar-refractivity contribution >= 4 is 34.8 Å². The van der Waals surface area contributed by atoms with Crippen molar-refractivity contribution < 1.29 is 9.59 Å². The molecule has 25 heavy (non-hydrogen) atoms. The Bertz CT molecular complexity index is 728. The van der Waals surface area contributed by atoms with Crippen molar-refractivity contribution in [1.29, 1.82) is 0 Å². The third-order valence-corrected chi connectivity index (χ3v) is 5.29. The Hall–Kier alpha value is -1.89. The Balaban J connectivity index is 1.41. The van der Waals surface area contributed by atoms with Crippen molar-refractivity contribution in [3.8, 4) is 0 Å². The number of amides is 2. The Morgan fingerprint density at radius 3 is 2.60 bits per heavy atom. The van der Waals surface area contributed by atoms with Crippen LogP contribution in [0.4, 0.5) is 0 Å². The molecule has 132 valence electrons. The Morgan fingerprint density at radius 1 is 1.12 bits per heavy atom. The summed E-state index contributed by atoms with van der Waals surface area (Å²) in [6.07, 6.45) is 0. The molecule has 3 rings (SSSR count). The maximum Gasteiger partial charge on any atom is 0.261 e. The molecule has 0 unspecified atom stereocenters. The summed E-state index contributed by atoms with van der Waals surface area (Å²) in [4.78, 5) is 29.2. The molecule has 0 atom stereocenters. The molecule has 0 spiro atoms. The number of carbonyl (C=O) groups excluding carboxylic acids is 2. The van der Waals surface area contributed by atoms with Crippen molar-refractivity contribution in [2.24, 2.45) is 0 Å². The smallest absolute Gasteiger partial charge is 0.261 e. The highest BCUT2D eigenvalue weighted by molar-refractivity contribution is 7.12. The average Bonchev–Trinajstić information content (AvgIpc) is 3.16.